The summed E-state index contributed by atoms with van der Waals surface area (Å²) in [5, 5.41) is 2.83. The molecule has 0 saturated carbocycles. The number of nitrogens with zero attached hydrogens (tertiary/aromatic N) is 2. The third-order valence-corrected chi connectivity index (χ3v) is 7.09. The largest absolute Gasteiger partial charge is 0.372 e. The Balaban J connectivity index is 1.52. The molecule has 156 valence electrons. The van der Waals surface area contributed by atoms with Crippen molar-refractivity contribution in [1.29, 1.82) is 0 Å². The van der Waals surface area contributed by atoms with Crippen molar-refractivity contribution in [2.24, 2.45) is 5.92 Å². The smallest absolute Gasteiger partial charge is 0.254 e. The van der Waals surface area contributed by atoms with Crippen molar-refractivity contribution in [2.75, 3.05) is 38.6 Å². The number of halogens is 1. The van der Waals surface area contributed by atoms with E-state index in [9.17, 15) is 17.6 Å². The van der Waals surface area contributed by atoms with Gasteiger partial charge in [-0.2, -0.15) is 0 Å². The lowest BCUT2D eigenvalue weighted by atomic mass is 9.96. The molecule has 1 aliphatic heterocycles. The van der Waals surface area contributed by atoms with Crippen LogP contribution in [0.25, 0.3) is 0 Å². The van der Waals surface area contributed by atoms with Crippen molar-refractivity contribution in [3.05, 3.63) is 59.9 Å². The summed E-state index contributed by atoms with van der Waals surface area (Å²) in [7, 11) is -0.401. The summed E-state index contributed by atoms with van der Waals surface area (Å²) in [6.45, 7) is 2.15. The number of hydrogen-bond acceptors (Lipinski definition) is 4. The number of amides is 1. The molecule has 3 rings (SSSR count). The zero-order valence-electron chi connectivity index (χ0n) is 16.6. The molecule has 1 saturated heterocycles. The molecule has 2 aromatic rings. The molecule has 0 unspecified atom stereocenters. The predicted molar refractivity (Wildman–Crippen MR) is 111 cm³/mol. The van der Waals surface area contributed by atoms with E-state index < -0.39 is 15.8 Å². The van der Waals surface area contributed by atoms with Gasteiger partial charge in [0.05, 0.1) is 10.5 Å². The van der Waals surface area contributed by atoms with Gasteiger partial charge in [-0.05, 0) is 55.2 Å². The first-order valence-corrected chi connectivity index (χ1v) is 11.0. The Labute approximate surface area is 171 Å². The van der Waals surface area contributed by atoms with Crippen LogP contribution in [0.4, 0.5) is 10.1 Å². The number of anilines is 1. The maximum Gasteiger partial charge on any atom is 0.254 e. The van der Waals surface area contributed by atoms with Crippen molar-refractivity contribution in [3.8, 4) is 0 Å². The van der Waals surface area contributed by atoms with Crippen LogP contribution in [-0.4, -0.2) is 52.4 Å². The minimum absolute atomic E-state index is 0.0673. The van der Waals surface area contributed by atoms with E-state index in [1.807, 2.05) is 12.1 Å². The van der Waals surface area contributed by atoms with Gasteiger partial charge in [-0.25, -0.2) is 17.1 Å². The average Bonchev–Trinajstić information content (AvgIpc) is 2.72. The quantitative estimate of drug-likeness (QED) is 0.782. The molecule has 0 bridgehead atoms. The van der Waals surface area contributed by atoms with Crippen molar-refractivity contribution in [2.45, 2.75) is 17.7 Å². The Hall–Kier alpha value is -2.45. The number of nitrogens with one attached hydrogen (secondary N) is 1. The summed E-state index contributed by atoms with van der Waals surface area (Å²) in [4.78, 5) is 14.6. The van der Waals surface area contributed by atoms with Crippen molar-refractivity contribution >= 4 is 21.6 Å². The van der Waals surface area contributed by atoms with E-state index in [2.05, 4.69) is 10.2 Å². The Morgan fingerprint density at radius 1 is 1.10 bits per heavy atom. The highest BCUT2D eigenvalue weighted by atomic mass is 32.2. The first kappa shape index (κ1) is 21.3. The summed E-state index contributed by atoms with van der Waals surface area (Å²) < 4.78 is 39.2. The first-order chi connectivity index (χ1) is 13.8. The molecule has 6 nitrogen and oxygen atoms in total. The number of carbonyl (C=O) groups excluding carboxylic acids is 1. The molecule has 0 aromatic heterocycles. The lowest BCUT2D eigenvalue weighted by Crippen LogP contribution is -2.38. The van der Waals surface area contributed by atoms with Crippen LogP contribution in [0.15, 0.2) is 53.4 Å². The standard InChI is InChI=1S/C21H26FN3O3S/c1-24(2)29(27,28)18-9-7-17(8-10-18)25-13-11-16(12-14-25)15-23-21(26)19-5-3-4-6-20(19)22/h3-10,16H,11-15H2,1-2H3,(H,23,26). The third kappa shape index (κ3) is 4.94. The second kappa shape index (κ2) is 8.92. The highest BCUT2D eigenvalue weighted by molar-refractivity contribution is 7.89. The molecule has 0 aliphatic carbocycles. The Morgan fingerprint density at radius 3 is 2.31 bits per heavy atom. The Morgan fingerprint density at radius 2 is 1.72 bits per heavy atom. The van der Waals surface area contributed by atoms with Gasteiger partial charge in [0, 0.05) is 39.4 Å². The summed E-state index contributed by atoms with van der Waals surface area (Å²) in [5.41, 5.74) is 1.05. The summed E-state index contributed by atoms with van der Waals surface area (Å²) >= 11 is 0. The maximum atomic E-state index is 13.7. The van der Waals surface area contributed by atoms with Gasteiger partial charge in [-0.3, -0.25) is 4.79 Å². The SMILES string of the molecule is CN(C)S(=O)(=O)c1ccc(N2CCC(CNC(=O)c3ccccc3F)CC2)cc1. The molecule has 0 spiro atoms. The second-order valence-electron chi connectivity index (χ2n) is 7.40. The lowest BCUT2D eigenvalue weighted by molar-refractivity contribution is 0.0941. The zero-order chi connectivity index (χ0) is 21.0. The van der Waals surface area contributed by atoms with E-state index in [0.29, 0.717) is 12.5 Å². The topological polar surface area (TPSA) is 69.7 Å². The van der Waals surface area contributed by atoms with E-state index in [-0.39, 0.29) is 16.4 Å². The number of benzene rings is 2. The number of carbonyl (C=O) groups is 1. The molecule has 2 aromatic carbocycles. The van der Waals surface area contributed by atoms with Gasteiger partial charge < -0.3 is 10.2 Å². The van der Waals surface area contributed by atoms with Crippen molar-refractivity contribution < 1.29 is 17.6 Å². The van der Waals surface area contributed by atoms with Crippen LogP contribution in [0.5, 0.6) is 0 Å². The fourth-order valence-corrected chi connectivity index (χ4v) is 4.31. The summed E-state index contributed by atoms with van der Waals surface area (Å²) in [6.07, 6.45) is 1.80. The molecule has 1 fully saturated rings. The van der Waals surface area contributed by atoms with E-state index in [1.165, 1.54) is 30.5 Å². The van der Waals surface area contributed by atoms with Crippen molar-refractivity contribution in [1.82, 2.24) is 9.62 Å². The first-order valence-electron chi connectivity index (χ1n) is 9.59. The molecule has 0 atom stereocenters. The molecule has 1 heterocycles. The van der Waals surface area contributed by atoms with Crippen LogP contribution in [-0.2, 0) is 10.0 Å². The predicted octanol–water partition coefficient (Wildman–Crippen LogP) is 2.72. The Kier molecular flexibility index (Phi) is 6.54. The van der Waals surface area contributed by atoms with Crippen LogP contribution in [0.3, 0.4) is 0 Å². The van der Waals surface area contributed by atoms with Gasteiger partial charge in [0.25, 0.3) is 5.91 Å². The van der Waals surface area contributed by atoms with Crippen LogP contribution in [0.1, 0.15) is 23.2 Å². The zero-order valence-corrected chi connectivity index (χ0v) is 17.5. The van der Waals surface area contributed by atoms with Gasteiger partial charge in [0.1, 0.15) is 5.82 Å². The van der Waals surface area contributed by atoms with Crippen LogP contribution in [0, 0.1) is 11.7 Å². The van der Waals surface area contributed by atoms with Gasteiger partial charge in [0.15, 0.2) is 0 Å². The van der Waals surface area contributed by atoms with Crippen LogP contribution < -0.4 is 10.2 Å². The van der Waals surface area contributed by atoms with E-state index in [4.69, 9.17) is 0 Å². The van der Waals surface area contributed by atoms with E-state index in [1.54, 1.807) is 24.3 Å². The minimum Gasteiger partial charge on any atom is -0.372 e. The minimum atomic E-state index is -3.43. The molecule has 1 aliphatic rings. The molecule has 29 heavy (non-hydrogen) atoms. The maximum absolute atomic E-state index is 13.7. The number of hydrogen-bond donors (Lipinski definition) is 1. The summed E-state index contributed by atoms with van der Waals surface area (Å²) in [5.74, 6) is -0.571. The Bertz CT molecular complexity index is 953. The molecule has 8 heteroatoms. The molecule has 1 amide bonds. The number of sulfonamides is 1. The lowest BCUT2D eigenvalue weighted by Gasteiger charge is -2.33. The van der Waals surface area contributed by atoms with Crippen LogP contribution in [0.2, 0.25) is 0 Å². The van der Waals surface area contributed by atoms with Gasteiger partial charge in [-0.15, -0.1) is 0 Å². The highest BCUT2D eigenvalue weighted by Crippen LogP contribution is 2.25. The average molecular weight is 420 g/mol. The normalized spacial score (nSPS) is 15.5. The third-order valence-electron chi connectivity index (χ3n) is 5.26. The second-order valence-corrected chi connectivity index (χ2v) is 9.55. The number of rotatable bonds is 6. The van der Waals surface area contributed by atoms with E-state index in [0.717, 1.165) is 31.6 Å². The fourth-order valence-electron chi connectivity index (χ4n) is 3.41. The van der Waals surface area contributed by atoms with Crippen LogP contribution >= 0.6 is 0 Å². The van der Waals surface area contributed by atoms with Crippen molar-refractivity contribution in [3.63, 3.8) is 0 Å². The fraction of sp³-hybridized carbons (Fsp3) is 0.381. The van der Waals surface area contributed by atoms with Gasteiger partial charge in [-0.1, -0.05) is 12.1 Å². The molecular formula is C21H26FN3O3S. The van der Waals surface area contributed by atoms with Gasteiger partial charge in [0.2, 0.25) is 10.0 Å². The monoisotopic (exact) mass is 419 g/mol. The molecule has 1 N–H and O–H groups in total. The van der Waals surface area contributed by atoms with E-state index >= 15 is 0 Å². The summed E-state index contributed by atoms with van der Waals surface area (Å²) in [6, 6.07) is 12.9. The molecule has 0 radical (unpaired) electrons. The highest BCUT2D eigenvalue weighted by Gasteiger charge is 2.22. The number of piperidine rings is 1. The van der Waals surface area contributed by atoms with Gasteiger partial charge >= 0.3 is 0 Å². The molecular weight excluding hydrogens is 393 g/mol.